The monoisotopic (exact) mass is 260 g/mol. The Balaban J connectivity index is 2.21. The van der Waals surface area contributed by atoms with E-state index in [0.29, 0.717) is 5.69 Å². The molecule has 100 valence electrons. The van der Waals surface area contributed by atoms with Gasteiger partial charge in [-0.05, 0) is 19.1 Å². The number of nitrogens with one attached hydrogen (secondary N) is 1. The molecule has 1 unspecified atom stereocenters. The molecule has 1 aromatic carbocycles. The number of rotatable bonds is 4. The Hall–Kier alpha value is -2.21. The molecular weight excluding hydrogens is 244 g/mol. The maximum atomic E-state index is 11.7. The number of hydrogen-bond donors (Lipinski definition) is 1. The van der Waals surface area contributed by atoms with E-state index >= 15 is 0 Å². The smallest absolute Gasteiger partial charge is 0.253 e. The van der Waals surface area contributed by atoms with Crippen molar-refractivity contribution < 1.29 is 9.53 Å². The summed E-state index contributed by atoms with van der Waals surface area (Å²) in [6, 6.07) is 7.45. The van der Waals surface area contributed by atoms with Crippen molar-refractivity contribution in [3.63, 3.8) is 0 Å². The Labute approximate surface area is 111 Å². The van der Waals surface area contributed by atoms with Gasteiger partial charge in [0.15, 0.2) is 5.82 Å². The summed E-state index contributed by atoms with van der Waals surface area (Å²) in [4.78, 5) is 11.7. The van der Waals surface area contributed by atoms with Gasteiger partial charge in [-0.3, -0.25) is 4.79 Å². The van der Waals surface area contributed by atoms with Crippen LogP contribution < -0.4 is 5.32 Å². The summed E-state index contributed by atoms with van der Waals surface area (Å²) in [6.07, 6.45) is 1.15. The molecular formula is C13H16N4O2. The van der Waals surface area contributed by atoms with E-state index in [-0.39, 0.29) is 5.91 Å². The van der Waals surface area contributed by atoms with E-state index in [4.69, 9.17) is 4.74 Å². The van der Waals surface area contributed by atoms with Gasteiger partial charge in [0, 0.05) is 25.4 Å². The zero-order chi connectivity index (χ0) is 13.8. The van der Waals surface area contributed by atoms with E-state index in [1.807, 2.05) is 35.9 Å². The minimum absolute atomic E-state index is 0.183. The molecule has 2 rings (SSSR count). The van der Waals surface area contributed by atoms with Crippen molar-refractivity contribution in [3.8, 4) is 11.4 Å². The first-order valence-electron chi connectivity index (χ1n) is 5.90. The quantitative estimate of drug-likeness (QED) is 0.903. The Bertz CT molecular complexity index is 580. The van der Waals surface area contributed by atoms with E-state index < -0.39 is 6.10 Å². The first kappa shape index (κ1) is 13.2. The lowest BCUT2D eigenvalue weighted by Gasteiger charge is -2.11. The summed E-state index contributed by atoms with van der Waals surface area (Å²) in [5.74, 6) is 0.563. The molecule has 0 saturated carbocycles. The molecule has 1 amide bonds. The molecule has 0 saturated heterocycles. The maximum absolute atomic E-state index is 11.7. The molecule has 0 radical (unpaired) electrons. The standard InChI is InChI=1S/C13H16N4O2/c1-9(19-3)13(18)15-11-6-4-5-10(7-11)12-16-14-8-17(12)2/h4-9H,1-3H3,(H,15,18). The number of carbonyl (C=O) groups excluding carboxylic acids is 1. The Kier molecular flexibility index (Phi) is 3.91. The summed E-state index contributed by atoms with van der Waals surface area (Å²) in [6.45, 7) is 1.70. The van der Waals surface area contributed by atoms with Crippen LogP contribution in [-0.4, -0.2) is 33.9 Å². The minimum Gasteiger partial charge on any atom is -0.372 e. The van der Waals surface area contributed by atoms with Gasteiger partial charge in [0.25, 0.3) is 5.91 Å². The second-order valence-electron chi connectivity index (χ2n) is 4.21. The molecule has 1 atom stereocenters. The average Bonchev–Trinajstić information content (AvgIpc) is 2.84. The number of ether oxygens (including phenoxy) is 1. The molecule has 19 heavy (non-hydrogen) atoms. The number of nitrogens with zero attached hydrogens (tertiary/aromatic N) is 3. The van der Waals surface area contributed by atoms with Gasteiger partial charge in [0.05, 0.1) is 0 Å². The Morgan fingerprint density at radius 1 is 1.47 bits per heavy atom. The van der Waals surface area contributed by atoms with Crippen LogP contribution in [0.5, 0.6) is 0 Å². The second-order valence-corrected chi connectivity index (χ2v) is 4.21. The lowest BCUT2D eigenvalue weighted by atomic mass is 10.2. The number of methoxy groups -OCH3 is 1. The SMILES string of the molecule is COC(C)C(=O)Nc1cccc(-c2nncn2C)c1. The highest BCUT2D eigenvalue weighted by molar-refractivity contribution is 5.94. The Morgan fingerprint density at radius 2 is 2.26 bits per heavy atom. The van der Waals surface area contributed by atoms with Gasteiger partial charge >= 0.3 is 0 Å². The highest BCUT2D eigenvalue weighted by Crippen LogP contribution is 2.20. The van der Waals surface area contributed by atoms with Crippen LogP contribution in [0.15, 0.2) is 30.6 Å². The third-order valence-corrected chi connectivity index (χ3v) is 2.82. The fourth-order valence-corrected chi connectivity index (χ4v) is 1.63. The molecule has 6 nitrogen and oxygen atoms in total. The van der Waals surface area contributed by atoms with Gasteiger partial charge in [-0.25, -0.2) is 0 Å². The van der Waals surface area contributed by atoms with Crippen molar-refractivity contribution in [1.82, 2.24) is 14.8 Å². The van der Waals surface area contributed by atoms with Gasteiger partial charge in [0.2, 0.25) is 0 Å². The number of carbonyl (C=O) groups is 1. The van der Waals surface area contributed by atoms with Crippen LogP contribution in [0.25, 0.3) is 11.4 Å². The van der Waals surface area contributed by atoms with Crippen molar-refractivity contribution in [1.29, 1.82) is 0 Å². The van der Waals surface area contributed by atoms with Crippen molar-refractivity contribution >= 4 is 11.6 Å². The first-order chi connectivity index (χ1) is 9.11. The number of amides is 1. The molecule has 1 N–H and O–H groups in total. The zero-order valence-corrected chi connectivity index (χ0v) is 11.1. The molecule has 0 spiro atoms. The van der Waals surface area contributed by atoms with Gasteiger partial charge in [-0.1, -0.05) is 12.1 Å². The molecule has 0 aliphatic heterocycles. The molecule has 0 aliphatic carbocycles. The summed E-state index contributed by atoms with van der Waals surface area (Å²) in [5, 5.41) is 10.7. The number of benzene rings is 1. The second kappa shape index (κ2) is 5.62. The lowest BCUT2D eigenvalue weighted by molar-refractivity contribution is -0.124. The van der Waals surface area contributed by atoms with Gasteiger partial charge in [-0.2, -0.15) is 0 Å². The highest BCUT2D eigenvalue weighted by Gasteiger charge is 2.12. The van der Waals surface area contributed by atoms with E-state index in [1.165, 1.54) is 7.11 Å². The first-order valence-corrected chi connectivity index (χ1v) is 5.90. The number of aryl methyl sites for hydroxylation is 1. The van der Waals surface area contributed by atoms with Crippen LogP contribution in [0, 0.1) is 0 Å². The van der Waals surface area contributed by atoms with Gasteiger partial charge < -0.3 is 14.6 Å². The minimum atomic E-state index is -0.488. The predicted octanol–water partition coefficient (Wildman–Crippen LogP) is 1.46. The fourth-order valence-electron chi connectivity index (χ4n) is 1.63. The summed E-state index contributed by atoms with van der Waals surface area (Å²) in [5.41, 5.74) is 1.59. The third-order valence-electron chi connectivity index (χ3n) is 2.82. The molecule has 0 fully saturated rings. The molecule has 1 heterocycles. The molecule has 1 aromatic heterocycles. The van der Waals surface area contributed by atoms with Gasteiger partial charge in [0.1, 0.15) is 12.4 Å². The van der Waals surface area contributed by atoms with Crippen molar-refractivity contribution in [2.24, 2.45) is 7.05 Å². The van der Waals surface area contributed by atoms with E-state index in [2.05, 4.69) is 15.5 Å². The maximum Gasteiger partial charge on any atom is 0.253 e. The van der Waals surface area contributed by atoms with Crippen LogP contribution in [0.2, 0.25) is 0 Å². The summed E-state index contributed by atoms with van der Waals surface area (Å²) in [7, 11) is 3.37. The lowest BCUT2D eigenvalue weighted by Crippen LogP contribution is -2.26. The largest absolute Gasteiger partial charge is 0.372 e. The topological polar surface area (TPSA) is 69.0 Å². The molecule has 2 aromatic rings. The van der Waals surface area contributed by atoms with Crippen LogP contribution in [0.1, 0.15) is 6.92 Å². The third kappa shape index (κ3) is 2.97. The van der Waals surface area contributed by atoms with Crippen LogP contribution >= 0.6 is 0 Å². The van der Waals surface area contributed by atoms with Crippen LogP contribution in [-0.2, 0) is 16.6 Å². The summed E-state index contributed by atoms with van der Waals surface area (Å²) < 4.78 is 6.79. The number of anilines is 1. The van der Waals surface area contributed by atoms with E-state index in [9.17, 15) is 4.79 Å². The predicted molar refractivity (Wildman–Crippen MR) is 71.5 cm³/mol. The highest BCUT2D eigenvalue weighted by atomic mass is 16.5. The average molecular weight is 260 g/mol. The molecule has 0 aliphatic rings. The van der Waals surface area contributed by atoms with Gasteiger partial charge in [-0.15, -0.1) is 10.2 Å². The fraction of sp³-hybridized carbons (Fsp3) is 0.308. The van der Waals surface area contributed by atoms with Crippen LogP contribution in [0.4, 0.5) is 5.69 Å². The van der Waals surface area contributed by atoms with Crippen LogP contribution in [0.3, 0.4) is 0 Å². The van der Waals surface area contributed by atoms with E-state index in [1.54, 1.807) is 13.3 Å². The number of aromatic nitrogens is 3. The van der Waals surface area contributed by atoms with Crippen molar-refractivity contribution in [2.75, 3.05) is 12.4 Å². The van der Waals surface area contributed by atoms with Crippen molar-refractivity contribution in [3.05, 3.63) is 30.6 Å². The summed E-state index contributed by atoms with van der Waals surface area (Å²) >= 11 is 0. The number of hydrogen-bond acceptors (Lipinski definition) is 4. The zero-order valence-electron chi connectivity index (χ0n) is 11.1. The normalized spacial score (nSPS) is 12.2. The van der Waals surface area contributed by atoms with Crippen molar-refractivity contribution in [2.45, 2.75) is 13.0 Å². The molecule has 6 heteroatoms. The van der Waals surface area contributed by atoms with E-state index in [0.717, 1.165) is 11.4 Å². The molecule has 0 bridgehead atoms. The Morgan fingerprint density at radius 3 is 2.89 bits per heavy atom.